The van der Waals surface area contributed by atoms with Crippen LogP contribution in [0.2, 0.25) is 0 Å². The van der Waals surface area contributed by atoms with Gasteiger partial charge in [0, 0.05) is 17.0 Å². The number of benzene rings is 2. The van der Waals surface area contributed by atoms with E-state index in [1.165, 1.54) is 20.1 Å². The molecular formula is C24H19F4N5O3. The van der Waals surface area contributed by atoms with Gasteiger partial charge in [0.05, 0.1) is 36.1 Å². The van der Waals surface area contributed by atoms with E-state index in [4.69, 9.17) is 10.5 Å². The second kappa shape index (κ2) is 9.29. The summed E-state index contributed by atoms with van der Waals surface area (Å²) in [6.07, 6.45) is -4.89. The molecule has 3 N–H and O–H groups in total. The molecule has 36 heavy (non-hydrogen) atoms. The van der Waals surface area contributed by atoms with Crippen LogP contribution in [0.25, 0.3) is 10.9 Å². The molecule has 4 aromatic rings. The van der Waals surface area contributed by atoms with Crippen molar-refractivity contribution in [3.05, 3.63) is 82.6 Å². The molecule has 0 fully saturated rings. The lowest BCUT2D eigenvalue weighted by atomic mass is 10.1. The summed E-state index contributed by atoms with van der Waals surface area (Å²) in [5, 5.41) is 6.08. The monoisotopic (exact) mass is 501 g/mol. The SMILES string of the molecule is COc1ccccc1Cn1nc(C(F)(F)F)c(NC(=O)c2cc(C(N)=O)nc3cc(F)ccc23)c1C. The fourth-order valence-electron chi connectivity index (χ4n) is 3.74. The zero-order valence-corrected chi connectivity index (χ0v) is 19.0. The molecule has 0 spiro atoms. The molecule has 2 aromatic heterocycles. The molecule has 12 heteroatoms. The Kier molecular flexibility index (Phi) is 6.35. The van der Waals surface area contributed by atoms with Crippen molar-refractivity contribution in [2.75, 3.05) is 12.4 Å². The van der Waals surface area contributed by atoms with E-state index in [0.717, 1.165) is 22.9 Å². The Hall–Kier alpha value is -4.48. The molecule has 0 aliphatic heterocycles. The van der Waals surface area contributed by atoms with Crippen LogP contribution in [0.5, 0.6) is 5.75 Å². The van der Waals surface area contributed by atoms with E-state index in [1.807, 2.05) is 0 Å². The van der Waals surface area contributed by atoms with Crippen LogP contribution in [-0.4, -0.2) is 33.7 Å². The number of para-hydroxylation sites is 1. The number of nitrogens with two attached hydrogens (primary N) is 1. The summed E-state index contributed by atoms with van der Waals surface area (Å²) < 4.78 is 61.7. The van der Waals surface area contributed by atoms with Crippen molar-refractivity contribution < 1.29 is 31.9 Å². The van der Waals surface area contributed by atoms with Crippen LogP contribution in [0.1, 0.15) is 37.8 Å². The van der Waals surface area contributed by atoms with Crippen LogP contribution in [0.4, 0.5) is 23.2 Å². The average Bonchev–Trinajstić information content (AvgIpc) is 3.13. The molecule has 0 unspecified atom stereocenters. The maximum atomic E-state index is 13.9. The number of anilines is 1. The molecule has 0 aliphatic carbocycles. The molecule has 0 aliphatic rings. The van der Waals surface area contributed by atoms with Gasteiger partial charge in [-0.3, -0.25) is 14.3 Å². The van der Waals surface area contributed by atoms with Crippen molar-refractivity contribution in [2.24, 2.45) is 5.73 Å². The van der Waals surface area contributed by atoms with Crippen molar-refractivity contribution in [1.29, 1.82) is 0 Å². The first-order valence-electron chi connectivity index (χ1n) is 10.5. The molecular weight excluding hydrogens is 482 g/mol. The maximum absolute atomic E-state index is 13.9. The van der Waals surface area contributed by atoms with Gasteiger partial charge in [0.25, 0.3) is 11.8 Å². The van der Waals surface area contributed by atoms with Crippen molar-refractivity contribution >= 4 is 28.4 Å². The normalized spacial score (nSPS) is 11.5. The van der Waals surface area contributed by atoms with E-state index >= 15 is 0 Å². The minimum absolute atomic E-state index is 0.0288. The van der Waals surface area contributed by atoms with Crippen LogP contribution >= 0.6 is 0 Å². The number of alkyl halides is 3. The average molecular weight is 501 g/mol. The van der Waals surface area contributed by atoms with Crippen molar-refractivity contribution in [3.63, 3.8) is 0 Å². The van der Waals surface area contributed by atoms with Gasteiger partial charge < -0.3 is 15.8 Å². The molecule has 2 aromatic carbocycles. The smallest absolute Gasteiger partial charge is 0.437 e. The first kappa shape index (κ1) is 24.6. The quantitative estimate of drug-likeness (QED) is 0.383. The van der Waals surface area contributed by atoms with Gasteiger partial charge in [0.15, 0.2) is 5.69 Å². The van der Waals surface area contributed by atoms with E-state index in [2.05, 4.69) is 15.4 Å². The highest BCUT2D eigenvalue weighted by Gasteiger charge is 2.39. The number of aromatic nitrogens is 3. The molecule has 186 valence electrons. The van der Waals surface area contributed by atoms with Crippen LogP contribution in [0, 0.1) is 12.7 Å². The minimum atomic E-state index is -4.89. The molecule has 0 radical (unpaired) electrons. The van der Waals surface area contributed by atoms with Crippen molar-refractivity contribution in [1.82, 2.24) is 14.8 Å². The van der Waals surface area contributed by atoms with E-state index in [-0.39, 0.29) is 34.4 Å². The van der Waals surface area contributed by atoms with Crippen LogP contribution in [-0.2, 0) is 12.7 Å². The Balaban J connectivity index is 1.79. The van der Waals surface area contributed by atoms with E-state index in [1.54, 1.807) is 24.3 Å². The highest BCUT2D eigenvalue weighted by atomic mass is 19.4. The highest BCUT2D eigenvalue weighted by Crippen LogP contribution is 2.37. The van der Waals surface area contributed by atoms with Gasteiger partial charge in [-0.1, -0.05) is 18.2 Å². The summed E-state index contributed by atoms with van der Waals surface area (Å²) in [4.78, 5) is 28.8. The Labute approximate surface area is 201 Å². The number of carbonyl (C=O) groups is 2. The van der Waals surface area contributed by atoms with Gasteiger partial charge in [0.2, 0.25) is 0 Å². The van der Waals surface area contributed by atoms with Crippen LogP contribution in [0.3, 0.4) is 0 Å². The van der Waals surface area contributed by atoms with Gasteiger partial charge in [-0.2, -0.15) is 18.3 Å². The van der Waals surface area contributed by atoms with Gasteiger partial charge in [-0.25, -0.2) is 9.37 Å². The second-order valence-electron chi connectivity index (χ2n) is 7.81. The second-order valence-corrected chi connectivity index (χ2v) is 7.81. The molecule has 0 saturated heterocycles. The van der Waals surface area contributed by atoms with E-state index < -0.39 is 35.2 Å². The van der Waals surface area contributed by atoms with Gasteiger partial charge in [0.1, 0.15) is 17.3 Å². The topological polar surface area (TPSA) is 112 Å². The maximum Gasteiger partial charge on any atom is 0.437 e. The lowest BCUT2D eigenvalue weighted by Crippen LogP contribution is -2.19. The summed E-state index contributed by atoms with van der Waals surface area (Å²) in [7, 11) is 1.44. The first-order chi connectivity index (χ1) is 17.0. The largest absolute Gasteiger partial charge is 0.496 e. The zero-order valence-electron chi connectivity index (χ0n) is 19.0. The number of ether oxygens (including phenoxy) is 1. The number of hydrogen-bond donors (Lipinski definition) is 2. The zero-order chi connectivity index (χ0) is 26.2. The Morgan fingerprint density at radius 2 is 1.86 bits per heavy atom. The number of pyridine rings is 1. The lowest BCUT2D eigenvalue weighted by Gasteiger charge is -2.12. The number of methoxy groups -OCH3 is 1. The van der Waals surface area contributed by atoms with Gasteiger partial charge in [-0.05, 0) is 31.2 Å². The summed E-state index contributed by atoms with van der Waals surface area (Å²) in [5.74, 6) is -2.20. The molecule has 2 heterocycles. The number of carbonyl (C=O) groups excluding carboxylic acids is 2. The number of nitrogens with one attached hydrogen (secondary N) is 1. The molecule has 0 atom stereocenters. The molecule has 0 saturated carbocycles. The Morgan fingerprint density at radius 3 is 2.53 bits per heavy atom. The summed E-state index contributed by atoms with van der Waals surface area (Å²) >= 11 is 0. The third-order valence-electron chi connectivity index (χ3n) is 5.50. The number of fused-ring (bicyclic) bond motifs is 1. The molecule has 8 nitrogen and oxygen atoms in total. The third-order valence-corrected chi connectivity index (χ3v) is 5.50. The molecule has 0 bridgehead atoms. The summed E-state index contributed by atoms with van der Waals surface area (Å²) in [5.41, 5.74) is 3.39. The minimum Gasteiger partial charge on any atom is -0.496 e. The van der Waals surface area contributed by atoms with Crippen LogP contribution in [0.15, 0.2) is 48.5 Å². The fraction of sp³-hybridized carbons (Fsp3) is 0.167. The molecule has 4 rings (SSSR count). The predicted molar refractivity (Wildman–Crippen MR) is 122 cm³/mol. The fourth-order valence-corrected chi connectivity index (χ4v) is 3.74. The van der Waals surface area contributed by atoms with Gasteiger partial charge >= 0.3 is 6.18 Å². The van der Waals surface area contributed by atoms with Crippen LogP contribution < -0.4 is 15.8 Å². The first-order valence-corrected chi connectivity index (χ1v) is 10.5. The van der Waals surface area contributed by atoms with E-state index in [9.17, 15) is 27.2 Å². The Morgan fingerprint density at radius 1 is 1.14 bits per heavy atom. The van der Waals surface area contributed by atoms with Crippen molar-refractivity contribution in [3.8, 4) is 5.75 Å². The standard InChI is InChI=1S/C24H19F4N5O3/c1-12-20(21(24(26,27)28)32-33(12)11-13-5-3-4-6-19(13)36-2)31-23(35)16-10-18(22(29)34)30-17-9-14(25)7-8-15(16)17/h3-10H,11H2,1-2H3,(H2,29,34)(H,31,35). The lowest BCUT2D eigenvalue weighted by molar-refractivity contribution is -0.140. The van der Waals surface area contributed by atoms with Gasteiger partial charge in [-0.15, -0.1) is 0 Å². The predicted octanol–water partition coefficient (Wildman–Crippen LogP) is 4.31. The Bertz CT molecular complexity index is 1500. The number of primary amides is 1. The number of hydrogen-bond acceptors (Lipinski definition) is 5. The third kappa shape index (κ3) is 4.69. The number of nitrogens with zero attached hydrogens (tertiary/aromatic N) is 3. The number of halogens is 4. The summed E-state index contributed by atoms with van der Waals surface area (Å²) in [6, 6.07) is 11.1. The van der Waals surface area contributed by atoms with Crippen molar-refractivity contribution in [2.45, 2.75) is 19.6 Å². The summed E-state index contributed by atoms with van der Waals surface area (Å²) in [6.45, 7) is 1.32. The van der Waals surface area contributed by atoms with E-state index in [0.29, 0.717) is 11.3 Å². The number of rotatable bonds is 6. The number of amides is 2. The highest BCUT2D eigenvalue weighted by molar-refractivity contribution is 6.14. The molecule has 2 amide bonds.